The van der Waals surface area contributed by atoms with Crippen LogP contribution in [0.4, 0.5) is 18.9 Å². The third kappa shape index (κ3) is 4.62. The average Bonchev–Trinajstić information content (AvgIpc) is 3.06. The number of carbonyl (C=O) groups excluding carboxylic acids is 2. The van der Waals surface area contributed by atoms with Gasteiger partial charge in [-0.1, -0.05) is 13.8 Å². The molecule has 0 aliphatic heterocycles. The molecule has 0 saturated heterocycles. The molecule has 1 heterocycles. The maximum Gasteiger partial charge on any atom is 0.435 e. The summed E-state index contributed by atoms with van der Waals surface area (Å²) in [6.45, 7) is 3.68. The molecule has 0 spiro atoms. The first kappa shape index (κ1) is 23.3. The Balaban J connectivity index is 1.82. The third-order valence-corrected chi connectivity index (χ3v) is 6.40. The second kappa shape index (κ2) is 8.16. The predicted molar refractivity (Wildman–Crippen MR) is 117 cm³/mol. The van der Waals surface area contributed by atoms with Crippen molar-refractivity contribution in [1.82, 2.24) is 9.78 Å². The molecule has 33 heavy (non-hydrogen) atoms. The maximum absolute atomic E-state index is 13.8. The lowest BCUT2D eigenvalue weighted by Gasteiger charge is -2.30. The Morgan fingerprint density at radius 3 is 2.61 bits per heavy atom. The van der Waals surface area contributed by atoms with Crippen molar-refractivity contribution in [2.75, 3.05) is 5.32 Å². The first-order chi connectivity index (χ1) is 15.4. The Bertz CT molecular complexity index is 1110. The van der Waals surface area contributed by atoms with E-state index in [4.69, 9.17) is 11.5 Å². The van der Waals surface area contributed by atoms with Crippen molar-refractivity contribution >= 4 is 17.4 Å². The van der Waals surface area contributed by atoms with Crippen LogP contribution in [-0.2, 0) is 12.6 Å². The van der Waals surface area contributed by atoms with E-state index < -0.39 is 29.0 Å². The molecule has 4 rings (SSSR count). The highest BCUT2D eigenvalue weighted by Gasteiger charge is 2.45. The number of nitrogens with two attached hydrogens (primary N) is 2. The highest BCUT2D eigenvalue weighted by Crippen LogP contribution is 2.42. The SMILES string of the molecule is CC1(C)CC(=O)c2c(C(F)(F)F)nn(-c3ccc(C(N)=O)c(NC4CCCC(N)C4)c3)c2C1. The van der Waals surface area contributed by atoms with Crippen LogP contribution in [0.15, 0.2) is 18.2 Å². The minimum absolute atomic E-state index is 0.0138. The van der Waals surface area contributed by atoms with Gasteiger partial charge in [-0.05, 0) is 55.7 Å². The van der Waals surface area contributed by atoms with Gasteiger partial charge in [-0.25, -0.2) is 4.68 Å². The molecule has 5 N–H and O–H groups in total. The fourth-order valence-electron chi connectivity index (χ4n) is 4.94. The molecule has 1 aromatic heterocycles. The topological polar surface area (TPSA) is 116 Å². The summed E-state index contributed by atoms with van der Waals surface area (Å²) in [6, 6.07) is 4.59. The summed E-state index contributed by atoms with van der Waals surface area (Å²) in [5, 5.41) is 7.13. The highest BCUT2D eigenvalue weighted by molar-refractivity contribution is 6.00. The molecule has 2 aliphatic carbocycles. The van der Waals surface area contributed by atoms with Crippen LogP contribution in [0.5, 0.6) is 0 Å². The average molecular weight is 464 g/mol. The van der Waals surface area contributed by atoms with Gasteiger partial charge < -0.3 is 16.8 Å². The molecule has 1 aromatic carbocycles. The number of primary amides is 1. The number of alkyl halides is 3. The number of ketones is 1. The van der Waals surface area contributed by atoms with E-state index in [0.717, 1.165) is 19.3 Å². The number of aromatic nitrogens is 2. The minimum Gasteiger partial charge on any atom is -0.382 e. The summed E-state index contributed by atoms with van der Waals surface area (Å²) in [7, 11) is 0. The summed E-state index contributed by atoms with van der Waals surface area (Å²) in [6.07, 6.45) is -1.07. The number of nitrogens with one attached hydrogen (secondary N) is 1. The smallest absolute Gasteiger partial charge is 0.382 e. The Hall–Kier alpha value is -2.88. The molecule has 1 amide bonds. The van der Waals surface area contributed by atoms with Crippen LogP contribution in [-0.4, -0.2) is 33.6 Å². The molecule has 1 saturated carbocycles. The van der Waals surface area contributed by atoms with Crippen LogP contribution in [0.2, 0.25) is 0 Å². The van der Waals surface area contributed by atoms with Crippen LogP contribution < -0.4 is 16.8 Å². The molecule has 2 aromatic rings. The first-order valence-corrected chi connectivity index (χ1v) is 11.0. The number of hydrogen-bond acceptors (Lipinski definition) is 5. The zero-order valence-electron chi connectivity index (χ0n) is 18.6. The van der Waals surface area contributed by atoms with Crippen LogP contribution in [0.1, 0.15) is 78.1 Å². The molecule has 10 heteroatoms. The summed E-state index contributed by atoms with van der Waals surface area (Å²) in [5.41, 5.74) is 10.8. The Morgan fingerprint density at radius 1 is 1.24 bits per heavy atom. The van der Waals surface area contributed by atoms with E-state index in [2.05, 4.69) is 10.4 Å². The minimum atomic E-state index is -4.76. The van der Waals surface area contributed by atoms with Gasteiger partial charge in [-0.2, -0.15) is 18.3 Å². The lowest BCUT2D eigenvalue weighted by atomic mass is 9.75. The van der Waals surface area contributed by atoms with Crippen molar-refractivity contribution < 1.29 is 22.8 Å². The Kier molecular flexibility index (Phi) is 5.76. The van der Waals surface area contributed by atoms with E-state index in [-0.39, 0.29) is 41.7 Å². The van der Waals surface area contributed by atoms with E-state index >= 15 is 0 Å². The van der Waals surface area contributed by atoms with E-state index in [9.17, 15) is 22.8 Å². The van der Waals surface area contributed by atoms with Gasteiger partial charge in [0, 0.05) is 24.2 Å². The number of halogens is 3. The van der Waals surface area contributed by atoms with Gasteiger partial charge in [0.25, 0.3) is 5.91 Å². The van der Waals surface area contributed by atoms with Crippen molar-refractivity contribution in [1.29, 1.82) is 0 Å². The lowest BCUT2D eigenvalue weighted by Crippen LogP contribution is -2.35. The van der Waals surface area contributed by atoms with Crippen molar-refractivity contribution in [3.63, 3.8) is 0 Å². The number of carbonyl (C=O) groups is 2. The van der Waals surface area contributed by atoms with Crippen molar-refractivity contribution in [2.45, 2.75) is 70.6 Å². The summed E-state index contributed by atoms with van der Waals surface area (Å²) in [4.78, 5) is 24.7. The summed E-state index contributed by atoms with van der Waals surface area (Å²) in [5.74, 6) is -1.22. The zero-order valence-corrected chi connectivity index (χ0v) is 18.6. The summed E-state index contributed by atoms with van der Waals surface area (Å²) < 4.78 is 42.4. The van der Waals surface area contributed by atoms with Gasteiger partial charge in [0.15, 0.2) is 11.5 Å². The number of Topliss-reactive ketones (excluding diaryl/α,β-unsaturated/α-hetero) is 1. The Morgan fingerprint density at radius 2 is 1.97 bits per heavy atom. The van der Waals surface area contributed by atoms with Crippen molar-refractivity contribution in [2.24, 2.45) is 16.9 Å². The highest BCUT2D eigenvalue weighted by atomic mass is 19.4. The van der Waals surface area contributed by atoms with E-state index in [0.29, 0.717) is 17.8 Å². The molecule has 178 valence electrons. The molecule has 2 aliphatic rings. The number of anilines is 1. The molecule has 1 fully saturated rings. The number of nitrogens with zero attached hydrogens (tertiary/aromatic N) is 2. The second-order valence-electron chi connectivity index (χ2n) is 9.88. The predicted octanol–water partition coefficient (Wildman–Crippen LogP) is 3.83. The number of rotatable bonds is 4. The molecule has 7 nitrogen and oxygen atoms in total. The molecular formula is C23H28F3N5O2. The monoisotopic (exact) mass is 463 g/mol. The van der Waals surface area contributed by atoms with Gasteiger partial charge >= 0.3 is 6.18 Å². The number of hydrogen-bond donors (Lipinski definition) is 3. The number of fused-ring (bicyclic) bond motifs is 1. The fraction of sp³-hybridized carbons (Fsp3) is 0.522. The molecular weight excluding hydrogens is 435 g/mol. The van der Waals surface area contributed by atoms with Gasteiger partial charge in [-0.3, -0.25) is 9.59 Å². The van der Waals surface area contributed by atoms with Gasteiger partial charge in [0.2, 0.25) is 0 Å². The van der Waals surface area contributed by atoms with Crippen molar-refractivity contribution in [3.05, 3.63) is 40.7 Å². The standard InChI is InChI=1S/C23H28F3N5O2/c1-22(2)10-17-19(18(32)11-22)20(23(24,25)26)30-31(17)14-6-7-15(21(28)33)16(9-14)29-13-5-3-4-12(27)8-13/h6-7,9,12-13,29H,3-5,8,10-11,27H2,1-2H3,(H2,28,33). The third-order valence-electron chi connectivity index (χ3n) is 6.40. The number of benzene rings is 1. The van der Waals surface area contributed by atoms with Gasteiger partial charge in [0.05, 0.1) is 22.5 Å². The zero-order chi connectivity index (χ0) is 24.1. The largest absolute Gasteiger partial charge is 0.435 e. The maximum atomic E-state index is 13.8. The normalized spacial score (nSPS) is 22.7. The van der Waals surface area contributed by atoms with Crippen LogP contribution >= 0.6 is 0 Å². The van der Waals surface area contributed by atoms with E-state index in [1.807, 2.05) is 13.8 Å². The van der Waals surface area contributed by atoms with Gasteiger partial charge in [-0.15, -0.1) is 0 Å². The first-order valence-electron chi connectivity index (χ1n) is 11.0. The molecule has 2 atom stereocenters. The van der Waals surface area contributed by atoms with E-state index in [1.165, 1.54) is 16.8 Å². The Labute approximate surface area is 189 Å². The van der Waals surface area contributed by atoms with Crippen LogP contribution in [0, 0.1) is 5.41 Å². The van der Waals surface area contributed by atoms with Crippen LogP contribution in [0.3, 0.4) is 0 Å². The molecule has 2 unspecified atom stereocenters. The van der Waals surface area contributed by atoms with E-state index in [1.54, 1.807) is 6.07 Å². The summed E-state index contributed by atoms with van der Waals surface area (Å²) >= 11 is 0. The van der Waals surface area contributed by atoms with Crippen LogP contribution in [0.25, 0.3) is 5.69 Å². The number of amides is 1. The van der Waals surface area contributed by atoms with Gasteiger partial charge in [0.1, 0.15) is 0 Å². The molecule has 0 radical (unpaired) electrons. The lowest BCUT2D eigenvalue weighted by molar-refractivity contribution is -0.141. The second-order valence-corrected chi connectivity index (χ2v) is 9.88. The quantitative estimate of drug-likeness (QED) is 0.637. The fourth-order valence-corrected chi connectivity index (χ4v) is 4.94. The molecule has 0 bridgehead atoms. The van der Waals surface area contributed by atoms with Crippen molar-refractivity contribution in [3.8, 4) is 5.69 Å².